The molecule has 1 amide bonds. The lowest BCUT2D eigenvalue weighted by molar-refractivity contribution is -0.150. The first-order valence-corrected chi connectivity index (χ1v) is 16.0. The summed E-state index contributed by atoms with van der Waals surface area (Å²) in [6.07, 6.45) is 3.18. The maximum Gasteiger partial charge on any atom is 0.330 e. The van der Waals surface area contributed by atoms with E-state index in [2.05, 4.69) is 5.32 Å². The van der Waals surface area contributed by atoms with Crippen molar-refractivity contribution >= 4 is 35.1 Å². The largest absolute Gasteiger partial charge is 0.497 e. The number of hydrogen-bond acceptors (Lipinski definition) is 6. The van der Waals surface area contributed by atoms with Crippen LogP contribution in [0.2, 0.25) is 0 Å². The van der Waals surface area contributed by atoms with Gasteiger partial charge in [0, 0.05) is 16.9 Å². The molecule has 0 radical (unpaired) electrons. The van der Waals surface area contributed by atoms with Crippen LogP contribution >= 0.6 is 0 Å². The van der Waals surface area contributed by atoms with Crippen LogP contribution in [0.4, 0.5) is 11.4 Å². The number of methoxy groups -OCH3 is 1. The van der Waals surface area contributed by atoms with E-state index in [9.17, 15) is 4.79 Å². The Labute approximate surface area is 278 Å². The second-order valence-electron chi connectivity index (χ2n) is 12.3. The number of carbonyl (C=O) groups is 3. The standard InChI is InChI=1S/C41H32N2O5/c1-47-30-19-12-18-29(25-30)37(44)35-36(39(45)48-38(27-14-4-2-5-15-27)28-16-6-3-7-17-28)43-33-22-11-8-13-26(33)23-24-34(43)41(35)31-20-9-10-21-32(31)42-40(41)46/h2-25,34-36,38H,1H3,(H,42,46)/t34-,35+,36-,41-/m1/s1. The lowest BCUT2D eigenvalue weighted by Crippen LogP contribution is -2.51. The number of fused-ring (bicyclic) bond motifs is 6. The summed E-state index contributed by atoms with van der Waals surface area (Å²) in [6.45, 7) is 0. The van der Waals surface area contributed by atoms with E-state index in [-0.39, 0.29) is 11.7 Å². The quantitative estimate of drug-likeness (QED) is 0.154. The van der Waals surface area contributed by atoms with Crippen molar-refractivity contribution in [1.82, 2.24) is 0 Å². The van der Waals surface area contributed by atoms with Crippen molar-refractivity contribution in [2.24, 2.45) is 5.92 Å². The molecule has 1 saturated heterocycles. The van der Waals surface area contributed by atoms with Crippen LogP contribution < -0.4 is 15.0 Å². The van der Waals surface area contributed by atoms with Crippen molar-refractivity contribution in [3.05, 3.63) is 167 Å². The van der Waals surface area contributed by atoms with E-state index in [1.54, 1.807) is 24.3 Å². The normalized spacial score (nSPS) is 21.8. The minimum absolute atomic E-state index is 0.332. The average Bonchev–Trinajstić information content (AvgIpc) is 3.63. The first kappa shape index (κ1) is 29.5. The summed E-state index contributed by atoms with van der Waals surface area (Å²) in [5.41, 5.74) is 3.41. The molecule has 0 bridgehead atoms. The first-order chi connectivity index (χ1) is 23.5. The van der Waals surface area contributed by atoms with Crippen LogP contribution in [0.15, 0.2) is 140 Å². The van der Waals surface area contributed by atoms with Crippen molar-refractivity contribution in [2.75, 3.05) is 17.3 Å². The highest BCUT2D eigenvalue weighted by Crippen LogP contribution is 2.58. The summed E-state index contributed by atoms with van der Waals surface area (Å²) in [4.78, 5) is 46.8. The van der Waals surface area contributed by atoms with Crippen LogP contribution in [0, 0.1) is 5.92 Å². The molecule has 7 heteroatoms. The third kappa shape index (κ3) is 4.46. The second-order valence-corrected chi connectivity index (χ2v) is 12.3. The molecule has 0 aromatic heterocycles. The summed E-state index contributed by atoms with van der Waals surface area (Å²) >= 11 is 0. The van der Waals surface area contributed by atoms with Gasteiger partial charge in [-0.3, -0.25) is 9.59 Å². The molecule has 7 nitrogen and oxygen atoms in total. The molecule has 3 heterocycles. The van der Waals surface area contributed by atoms with E-state index in [1.807, 2.05) is 126 Å². The van der Waals surface area contributed by atoms with Gasteiger partial charge in [0.1, 0.15) is 17.2 Å². The molecule has 0 saturated carbocycles. The fourth-order valence-electron chi connectivity index (χ4n) is 7.82. The van der Waals surface area contributed by atoms with E-state index in [0.717, 1.165) is 22.4 Å². The number of nitrogens with one attached hydrogen (secondary N) is 1. The highest BCUT2D eigenvalue weighted by atomic mass is 16.5. The molecule has 0 unspecified atom stereocenters. The number of benzene rings is 5. The van der Waals surface area contributed by atoms with Crippen molar-refractivity contribution in [2.45, 2.75) is 23.6 Å². The Hall–Kier alpha value is -5.95. The van der Waals surface area contributed by atoms with Crippen LogP contribution in [-0.4, -0.2) is 36.9 Å². The molecule has 3 aliphatic rings. The molecule has 5 aromatic carbocycles. The Balaban J connectivity index is 1.36. The number of Topliss-reactive ketones (excluding diaryl/α,β-unsaturated/α-hetero) is 1. The van der Waals surface area contributed by atoms with Gasteiger partial charge in [0.25, 0.3) is 0 Å². The Bertz CT molecular complexity index is 2040. The van der Waals surface area contributed by atoms with E-state index in [4.69, 9.17) is 9.47 Å². The molecular weight excluding hydrogens is 600 g/mol. The third-order valence-corrected chi connectivity index (χ3v) is 9.86. The molecule has 5 aromatic rings. The van der Waals surface area contributed by atoms with Gasteiger partial charge in [-0.2, -0.15) is 0 Å². The summed E-state index contributed by atoms with van der Waals surface area (Å²) < 4.78 is 12.0. The second kappa shape index (κ2) is 11.7. The van der Waals surface area contributed by atoms with Gasteiger partial charge < -0.3 is 19.7 Å². The van der Waals surface area contributed by atoms with Crippen molar-refractivity contribution < 1.29 is 23.9 Å². The van der Waals surface area contributed by atoms with Gasteiger partial charge in [-0.05, 0) is 46.5 Å². The Kier molecular flexibility index (Phi) is 7.17. The number of rotatable bonds is 7. The number of para-hydroxylation sites is 2. The van der Waals surface area contributed by atoms with Crippen molar-refractivity contribution in [3.8, 4) is 5.75 Å². The number of ether oxygens (including phenoxy) is 2. The predicted octanol–water partition coefficient (Wildman–Crippen LogP) is 7.00. The SMILES string of the molecule is COc1cccc(C(=O)[C@@H]2[C@H](C(=O)OC(c3ccccc3)c3ccccc3)N3c4ccccc4C=C[C@@H]3[C@@]23C(=O)Nc2ccccc23)c1. The Morgan fingerprint density at radius 3 is 2.19 bits per heavy atom. The summed E-state index contributed by atoms with van der Waals surface area (Å²) in [5, 5.41) is 3.07. The van der Waals surface area contributed by atoms with Gasteiger partial charge in [0.15, 0.2) is 11.9 Å². The lowest BCUT2D eigenvalue weighted by Gasteiger charge is -2.37. The van der Waals surface area contributed by atoms with Gasteiger partial charge in [-0.15, -0.1) is 0 Å². The summed E-state index contributed by atoms with van der Waals surface area (Å²) in [5.74, 6) is -1.94. The topological polar surface area (TPSA) is 84.9 Å². The number of ketones is 1. The van der Waals surface area contributed by atoms with Crippen molar-refractivity contribution in [3.63, 3.8) is 0 Å². The molecule has 1 spiro atoms. The zero-order chi connectivity index (χ0) is 32.8. The molecular formula is C41H32N2O5. The Morgan fingerprint density at radius 2 is 1.46 bits per heavy atom. The molecule has 8 rings (SSSR count). The van der Waals surface area contributed by atoms with Crippen LogP contribution in [0.1, 0.15) is 38.7 Å². The van der Waals surface area contributed by atoms with Crippen LogP contribution in [-0.2, 0) is 19.7 Å². The molecule has 0 aliphatic carbocycles. The van der Waals surface area contributed by atoms with E-state index < -0.39 is 35.5 Å². The fourth-order valence-corrected chi connectivity index (χ4v) is 7.82. The predicted molar refractivity (Wildman–Crippen MR) is 184 cm³/mol. The minimum Gasteiger partial charge on any atom is -0.497 e. The zero-order valence-electron chi connectivity index (χ0n) is 26.2. The van der Waals surface area contributed by atoms with Gasteiger partial charge in [-0.25, -0.2) is 4.79 Å². The average molecular weight is 633 g/mol. The zero-order valence-corrected chi connectivity index (χ0v) is 26.2. The fraction of sp³-hybridized carbons (Fsp3) is 0.146. The van der Waals surface area contributed by atoms with E-state index in [0.29, 0.717) is 22.6 Å². The van der Waals surface area contributed by atoms with Crippen molar-refractivity contribution in [1.29, 1.82) is 0 Å². The minimum atomic E-state index is -1.44. The molecule has 1 fully saturated rings. The highest BCUT2D eigenvalue weighted by Gasteiger charge is 2.71. The number of carbonyl (C=O) groups excluding carboxylic acids is 3. The third-order valence-electron chi connectivity index (χ3n) is 9.86. The maximum absolute atomic E-state index is 15.1. The molecule has 236 valence electrons. The van der Waals surface area contributed by atoms with Gasteiger partial charge in [-0.1, -0.05) is 121 Å². The van der Waals surface area contributed by atoms with Crippen LogP contribution in [0.25, 0.3) is 6.08 Å². The summed E-state index contributed by atoms with van der Waals surface area (Å²) in [7, 11) is 1.54. The number of hydrogen-bond donors (Lipinski definition) is 1. The number of amides is 1. The monoisotopic (exact) mass is 632 g/mol. The lowest BCUT2D eigenvalue weighted by atomic mass is 9.64. The smallest absolute Gasteiger partial charge is 0.330 e. The highest BCUT2D eigenvalue weighted by molar-refractivity contribution is 6.16. The van der Waals surface area contributed by atoms with Gasteiger partial charge in [0.2, 0.25) is 5.91 Å². The number of esters is 1. The maximum atomic E-state index is 15.1. The van der Waals surface area contributed by atoms with Crippen LogP contribution in [0.5, 0.6) is 5.75 Å². The molecule has 48 heavy (non-hydrogen) atoms. The Morgan fingerprint density at radius 1 is 0.792 bits per heavy atom. The van der Waals surface area contributed by atoms with Gasteiger partial charge in [0.05, 0.1) is 19.1 Å². The molecule has 4 atom stereocenters. The number of nitrogens with zero attached hydrogens (tertiary/aromatic N) is 1. The van der Waals surface area contributed by atoms with E-state index in [1.165, 1.54) is 7.11 Å². The van der Waals surface area contributed by atoms with E-state index >= 15 is 9.59 Å². The summed E-state index contributed by atoms with van der Waals surface area (Å²) in [6, 6.07) is 39.3. The molecule has 1 N–H and O–H groups in total. The number of anilines is 2. The van der Waals surface area contributed by atoms with Gasteiger partial charge >= 0.3 is 5.97 Å². The first-order valence-electron chi connectivity index (χ1n) is 16.0. The van der Waals surface area contributed by atoms with Crippen LogP contribution in [0.3, 0.4) is 0 Å². The molecule has 3 aliphatic heterocycles.